The van der Waals surface area contributed by atoms with Crippen LogP contribution in [0.5, 0.6) is 0 Å². The molecule has 1 aliphatic carbocycles. The molecule has 1 aliphatic rings. The topological polar surface area (TPSA) is 69.6 Å². The Morgan fingerprint density at radius 2 is 2.13 bits per heavy atom. The van der Waals surface area contributed by atoms with Crippen LogP contribution in [0.4, 0.5) is 0 Å². The summed E-state index contributed by atoms with van der Waals surface area (Å²) in [6.45, 7) is 1.55. The lowest BCUT2D eigenvalue weighted by molar-refractivity contribution is -0.141. The fourth-order valence-electron chi connectivity index (χ4n) is 1.63. The van der Waals surface area contributed by atoms with Gasteiger partial charge in [0.25, 0.3) is 0 Å². The van der Waals surface area contributed by atoms with Crippen molar-refractivity contribution < 1.29 is 14.7 Å². The molecule has 5 nitrogen and oxygen atoms in total. The van der Waals surface area contributed by atoms with Gasteiger partial charge in [0.05, 0.1) is 11.8 Å². The van der Waals surface area contributed by atoms with Gasteiger partial charge >= 0.3 is 5.97 Å². The predicted molar refractivity (Wildman–Crippen MR) is 55.4 cm³/mol. The van der Waals surface area contributed by atoms with Gasteiger partial charge in [0, 0.05) is 13.6 Å². The van der Waals surface area contributed by atoms with Crippen molar-refractivity contribution in [3.8, 4) is 0 Å². The third kappa shape index (κ3) is 3.20. The lowest BCUT2D eigenvalue weighted by Crippen LogP contribution is -2.31. The smallest absolute Gasteiger partial charge is 0.307 e. The van der Waals surface area contributed by atoms with E-state index in [1.807, 2.05) is 7.05 Å². The number of carboxylic acid groups (broad SMARTS) is 1. The fourth-order valence-corrected chi connectivity index (χ4v) is 1.63. The van der Waals surface area contributed by atoms with Gasteiger partial charge in [0.15, 0.2) is 0 Å². The van der Waals surface area contributed by atoms with Gasteiger partial charge in [-0.1, -0.05) is 0 Å². The Morgan fingerprint density at radius 3 is 2.60 bits per heavy atom. The Balaban J connectivity index is 2.26. The highest BCUT2D eigenvalue weighted by Crippen LogP contribution is 2.39. The van der Waals surface area contributed by atoms with E-state index in [9.17, 15) is 9.59 Å². The first-order valence-electron chi connectivity index (χ1n) is 5.20. The van der Waals surface area contributed by atoms with Crippen LogP contribution in [0.25, 0.3) is 0 Å². The number of carboxylic acids is 1. The number of carbonyl (C=O) groups excluding carboxylic acids is 1. The van der Waals surface area contributed by atoms with E-state index in [2.05, 4.69) is 5.32 Å². The summed E-state index contributed by atoms with van der Waals surface area (Å²) in [5.74, 6) is -1.60. The van der Waals surface area contributed by atoms with Gasteiger partial charge in [-0.2, -0.15) is 0 Å². The second kappa shape index (κ2) is 5.11. The van der Waals surface area contributed by atoms with Crippen molar-refractivity contribution in [3.63, 3.8) is 0 Å². The molecule has 1 amide bonds. The molecule has 2 atom stereocenters. The molecule has 1 saturated carbocycles. The maximum atomic E-state index is 11.7. The van der Waals surface area contributed by atoms with Crippen molar-refractivity contribution in [2.75, 3.05) is 27.2 Å². The molecular weight excluding hydrogens is 196 g/mol. The molecular formula is C10H18N2O3. The Bertz CT molecular complexity index is 255. The second-order valence-corrected chi connectivity index (χ2v) is 4.00. The summed E-state index contributed by atoms with van der Waals surface area (Å²) in [5, 5.41) is 11.7. The zero-order valence-electron chi connectivity index (χ0n) is 9.19. The highest BCUT2D eigenvalue weighted by atomic mass is 16.4. The summed E-state index contributed by atoms with van der Waals surface area (Å²) >= 11 is 0. The number of aliphatic carboxylic acids is 1. The molecule has 0 aliphatic heterocycles. The molecule has 0 radical (unpaired) electrons. The van der Waals surface area contributed by atoms with Crippen LogP contribution in [0.2, 0.25) is 0 Å². The molecule has 2 N–H and O–H groups in total. The summed E-state index contributed by atoms with van der Waals surface area (Å²) in [7, 11) is 3.60. The number of rotatable bonds is 6. The maximum absolute atomic E-state index is 11.7. The van der Waals surface area contributed by atoms with Crippen molar-refractivity contribution in [1.82, 2.24) is 10.2 Å². The Hall–Kier alpha value is -1.10. The molecule has 1 rings (SSSR count). The predicted octanol–water partition coefficient (Wildman–Crippen LogP) is -0.225. The van der Waals surface area contributed by atoms with Gasteiger partial charge in [-0.05, 0) is 26.4 Å². The summed E-state index contributed by atoms with van der Waals surface area (Å²) in [4.78, 5) is 23.9. The van der Waals surface area contributed by atoms with Gasteiger partial charge in [-0.3, -0.25) is 9.59 Å². The van der Waals surface area contributed by atoms with Gasteiger partial charge < -0.3 is 15.3 Å². The molecule has 15 heavy (non-hydrogen) atoms. The van der Waals surface area contributed by atoms with Crippen LogP contribution < -0.4 is 5.32 Å². The molecule has 0 aromatic carbocycles. The van der Waals surface area contributed by atoms with E-state index in [0.717, 1.165) is 13.0 Å². The molecule has 0 aromatic rings. The fraction of sp³-hybridized carbons (Fsp3) is 0.800. The third-order valence-corrected chi connectivity index (χ3v) is 2.72. The number of nitrogens with one attached hydrogen (secondary N) is 1. The van der Waals surface area contributed by atoms with Gasteiger partial charge in [-0.15, -0.1) is 0 Å². The second-order valence-electron chi connectivity index (χ2n) is 4.00. The molecule has 5 heteroatoms. The van der Waals surface area contributed by atoms with E-state index in [-0.39, 0.29) is 11.8 Å². The van der Waals surface area contributed by atoms with E-state index in [1.54, 1.807) is 11.9 Å². The monoisotopic (exact) mass is 214 g/mol. The summed E-state index contributed by atoms with van der Waals surface area (Å²) < 4.78 is 0. The molecule has 0 heterocycles. The molecule has 0 aromatic heterocycles. The van der Waals surface area contributed by atoms with Crippen LogP contribution in [-0.4, -0.2) is 49.1 Å². The lowest BCUT2D eigenvalue weighted by atomic mass is 10.2. The number of hydrogen-bond acceptors (Lipinski definition) is 3. The zero-order valence-corrected chi connectivity index (χ0v) is 9.19. The van der Waals surface area contributed by atoms with Crippen molar-refractivity contribution in [3.05, 3.63) is 0 Å². The Labute approximate surface area is 89.4 Å². The minimum Gasteiger partial charge on any atom is -0.481 e. The van der Waals surface area contributed by atoms with E-state index >= 15 is 0 Å². The van der Waals surface area contributed by atoms with Crippen LogP contribution >= 0.6 is 0 Å². The molecule has 2 unspecified atom stereocenters. The van der Waals surface area contributed by atoms with Gasteiger partial charge in [0.1, 0.15) is 0 Å². The quantitative estimate of drug-likeness (QED) is 0.599. The third-order valence-electron chi connectivity index (χ3n) is 2.72. The highest BCUT2D eigenvalue weighted by molar-refractivity contribution is 5.89. The molecule has 0 spiro atoms. The lowest BCUT2D eigenvalue weighted by Gasteiger charge is -2.16. The zero-order chi connectivity index (χ0) is 11.4. The average molecular weight is 214 g/mol. The first-order chi connectivity index (χ1) is 7.07. The number of hydrogen-bond donors (Lipinski definition) is 2. The van der Waals surface area contributed by atoms with E-state index in [0.29, 0.717) is 13.0 Å². The van der Waals surface area contributed by atoms with Crippen molar-refractivity contribution in [1.29, 1.82) is 0 Å². The highest BCUT2D eigenvalue weighted by Gasteiger charge is 2.49. The van der Waals surface area contributed by atoms with Crippen LogP contribution in [-0.2, 0) is 9.59 Å². The molecule has 86 valence electrons. The Morgan fingerprint density at radius 1 is 1.47 bits per heavy atom. The van der Waals surface area contributed by atoms with Crippen molar-refractivity contribution in [2.45, 2.75) is 12.8 Å². The minimum atomic E-state index is -0.850. The normalized spacial score (nSPS) is 23.6. The van der Waals surface area contributed by atoms with Crippen LogP contribution in [0.1, 0.15) is 12.8 Å². The Kier molecular flexibility index (Phi) is 4.08. The largest absolute Gasteiger partial charge is 0.481 e. The summed E-state index contributed by atoms with van der Waals surface area (Å²) in [6, 6.07) is 0. The van der Waals surface area contributed by atoms with Crippen LogP contribution in [0.15, 0.2) is 0 Å². The van der Waals surface area contributed by atoms with Crippen LogP contribution in [0, 0.1) is 11.8 Å². The van der Waals surface area contributed by atoms with E-state index in [4.69, 9.17) is 5.11 Å². The molecule has 1 fully saturated rings. The molecule has 0 saturated heterocycles. The maximum Gasteiger partial charge on any atom is 0.307 e. The first kappa shape index (κ1) is 12.0. The minimum absolute atomic E-state index is 0.0292. The standard InChI is InChI=1S/C10H18N2O3/c1-11-4-3-5-12(2)9(13)7-6-8(7)10(14)15/h7-8,11H,3-6H2,1-2H3,(H,14,15). The number of amides is 1. The van der Waals surface area contributed by atoms with E-state index in [1.165, 1.54) is 0 Å². The van der Waals surface area contributed by atoms with E-state index < -0.39 is 11.9 Å². The average Bonchev–Trinajstić information content (AvgIpc) is 2.96. The van der Waals surface area contributed by atoms with Crippen molar-refractivity contribution >= 4 is 11.9 Å². The van der Waals surface area contributed by atoms with Crippen molar-refractivity contribution in [2.24, 2.45) is 11.8 Å². The number of carbonyl (C=O) groups is 2. The first-order valence-corrected chi connectivity index (χ1v) is 5.20. The van der Waals surface area contributed by atoms with Gasteiger partial charge in [-0.25, -0.2) is 0 Å². The summed E-state index contributed by atoms with van der Waals surface area (Å²) in [5.41, 5.74) is 0. The molecule has 0 bridgehead atoms. The summed E-state index contributed by atoms with van der Waals surface area (Å²) in [6.07, 6.45) is 1.40. The SMILES string of the molecule is CNCCCN(C)C(=O)C1CC1C(=O)O. The number of nitrogens with zero attached hydrogens (tertiary/aromatic N) is 1. The van der Waals surface area contributed by atoms with Crippen LogP contribution in [0.3, 0.4) is 0 Å². The van der Waals surface area contributed by atoms with Gasteiger partial charge in [0.2, 0.25) is 5.91 Å².